The van der Waals surface area contributed by atoms with Crippen LogP contribution in [0.5, 0.6) is 0 Å². The van der Waals surface area contributed by atoms with Gasteiger partial charge in [-0.2, -0.15) is 5.26 Å². The molecule has 0 bridgehead atoms. The number of unbranched alkanes of at least 4 members (excludes halogenated alkanes) is 1. The molecule has 1 rings (SSSR count). The van der Waals surface area contributed by atoms with Gasteiger partial charge in [0.15, 0.2) is 0 Å². The predicted octanol–water partition coefficient (Wildman–Crippen LogP) is 2.62. The smallest absolute Gasteiger partial charge is 0.253 e. The average Bonchev–Trinajstić information content (AvgIpc) is 2.36. The van der Waals surface area contributed by atoms with E-state index >= 15 is 0 Å². The molecule has 0 N–H and O–H groups in total. The Morgan fingerprint density at radius 3 is 2.76 bits per heavy atom. The maximum absolute atomic E-state index is 12.2. The van der Waals surface area contributed by atoms with Crippen molar-refractivity contribution in [2.24, 2.45) is 0 Å². The number of carbonyl (C=O) groups is 1. The van der Waals surface area contributed by atoms with Crippen LogP contribution in [-0.4, -0.2) is 24.4 Å². The highest BCUT2D eigenvalue weighted by Crippen LogP contribution is 2.12. The van der Waals surface area contributed by atoms with Gasteiger partial charge in [-0.3, -0.25) is 4.79 Å². The molecular weight excluding hydrogens is 212 g/mol. The number of carbonyl (C=O) groups excluding carboxylic acids is 1. The van der Waals surface area contributed by atoms with Crippen molar-refractivity contribution >= 4 is 5.91 Å². The van der Waals surface area contributed by atoms with Crippen LogP contribution in [-0.2, 0) is 6.42 Å². The standard InChI is InChI=1S/C14H18N2O/c1-3-4-11-16(2)14(17)13-8-6-5-7-12(13)9-10-15/h5-8H,3-4,9,11H2,1-2H3. The lowest BCUT2D eigenvalue weighted by Gasteiger charge is -2.18. The van der Waals surface area contributed by atoms with Crippen molar-refractivity contribution in [2.45, 2.75) is 26.2 Å². The second-order valence-corrected chi connectivity index (χ2v) is 4.07. The first-order valence-corrected chi connectivity index (χ1v) is 5.91. The minimum absolute atomic E-state index is 0.00398. The summed E-state index contributed by atoms with van der Waals surface area (Å²) < 4.78 is 0. The predicted molar refractivity (Wildman–Crippen MR) is 67.6 cm³/mol. The van der Waals surface area contributed by atoms with Gasteiger partial charge in [0.1, 0.15) is 0 Å². The molecule has 1 aromatic rings. The third kappa shape index (κ3) is 3.60. The van der Waals surface area contributed by atoms with Gasteiger partial charge in [0.2, 0.25) is 0 Å². The summed E-state index contributed by atoms with van der Waals surface area (Å²) in [6, 6.07) is 9.41. The summed E-state index contributed by atoms with van der Waals surface area (Å²) in [6.45, 7) is 2.86. The lowest BCUT2D eigenvalue weighted by atomic mass is 10.0. The third-order valence-corrected chi connectivity index (χ3v) is 2.71. The molecule has 0 aliphatic heterocycles. The fourth-order valence-corrected chi connectivity index (χ4v) is 1.67. The fraction of sp³-hybridized carbons (Fsp3) is 0.429. The van der Waals surface area contributed by atoms with Crippen molar-refractivity contribution in [1.29, 1.82) is 5.26 Å². The van der Waals surface area contributed by atoms with Crippen molar-refractivity contribution in [3.63, 3.8) is 0 Å². The molecule has 0 fully saturated rings. The van der Waals surface area contributed by atoms with E-state index in [9.17, 15) is 4.79 Å². The first kappa shape index (κ1) is 13.2. The van der Waals surface area contributed by atoms with Gasteiger partial charge in [-0.15, -0.1) is 0 Å². The Kier molecular flexibility index (Phi) is 5.22. The molecule has 3 heteroatoms. The van der Waals surface area contributed by atoms with Gasteiger partial charge >= 0.3 is 0 Å². The summed E-state index contributed by atoms with van der Waals surface area (Å²) in [5.41, 5.74) is 1.45. The van der Waals surface area contributed by atoms with Crippen LogP contribution in [0.15, 0.2) is 24.3 Å². The van der Waals surface area contributed by atoms with Crippen LogP contribution in [0.25, 0.3) is 0 Å². The summed E-state index contributed by atoms with van der Waals surface area (Å²) in [5.74, 6) is 0.00398. The number of nitriles is 1. The Balaban J connectivity index is 2.84. The molecule has 0 unspecified atom stereocenters. The molecule has 0 radical (unpaired) electrons. The molecule has 3 nitrogen and oxygen atoms in total. The van der Waals surface area contributed by atoms with E-state index in [1.807, 2.05) is 18.2 Å². The largest absolute Gasteiger partial charge is 0.342 e. The molecular formula is C14H18N2O. The van der Waals surface area contributed by atoms with E-state index in [1.165, 1.54) is 0 Å². The lowest BCUT2D eigenvalue weighted by Crippen LogP contribution is -2.28. The lowest BCUT2D eigenvalue weighted by molar-refractivity contribution is 0.0792. The van der Waals surface area contributed by atoms with Crippen molar-refractivity contribution in [1.82, 2.24) is 4.90 Å². The Hall–Kier alpha value is -1.82. The number of benzene rings is 1. The zero-order chi connectivity index (χ0) is 12.7. The van der Waals surface area contributed by atoms with Gasteiger partial charge in [0, 0.05) is 19.2 Å². The molecule has 90 valence electrons. The number of hydrogen-bond acceptors (Lipinski definition) is 2. The summed E-state index contributed by atoms with van der Waals surface area (Å²) >= 11 is 0. The van der Waals surface area contributed by atoms with Crippen molar-refractivity contribution in [3.05, 3.63) is 35.4 Å². The monoisotopic (exact) mass is 230 g/mol. The number of amides is 1. The van der Waals surface area contributed by atoms with Crippen molar-refractivity contribution < 1.29 is 4.79 Å². The highest BCUT2D eigenvalue weighted by atomic mass is 16.2. The summed E-state index contributed by atoms with van der Waals surface area (Å²) in [7, 11) is 1.81. The topological polar surface area (TPSA) is 44.1 Å². The minimum Gasteiger partial charge on any atom is -0.342 e. The van der Waals surface area contributed by atoms with Gasteiger partial charge in [0.05, 0.1) is 12.5 Å². The van der Waals surface area contributed by atoms with Crippen LogP contribution in [0.2, 0.25) is 0 Å². The van der Waals surface area contributed by atoms with E-state index in [1.54, 1.807) is 18.0 Å². The molecule has 0 heterocycles. The van der Waals surface area contributed by atoms with Crippen LogP contribution in [0.3, 0.4) is 0 Å². The molecule has 0 saturated heterocycles. The average molecular weight is 230 g/mol. The Bertz CT molecular complexity index is 420. The molecule has 0 aliphatic carbocycles. The van der Waals surface area contributed by atoms with Gasteiger partial charge in [-0.1, -0.05) is 31.5 Å². The summed E-state index contributed by atoms with van der Waals surface area (Å²) in [6.07, 6.45) is 2.35. The van der Waals surface area contributed by atoms with Crippen LogP contribution < -0.4 is 0 Å². The molecule has 0 aromatic heterocycles. The maximum Gasteiger partial charge on any atom is 0.253 e. The second kappa shape index (κ2) is 6.70. The van der Waals surface area contributed by atoms with Gasteiger partial charge in [-0.25, -0.2) is 0 Å². The van der Waals surface area contributed by atoms with Crippen LogP contribution in [0.4, 0.5) is 0 Å². The highest BCUT2D eigenvalue weighted by Gasteiger charge is 2.14. The van der Waals surface area contributed by atoms with Crippen molar-refractivity contribution in [3.8, 4) is 6.07 Å². The number of nitrogens with zero attached hydrogens (tertiary/aromatic N) is 2. The third-order valence-electron chi connectivity index (χ3n) is 2.71. The quantitative estimate of drug-likeness (QED) is 0.780. The van der Waals surface area contributed by atoms with E-state index in [-0.39, 0.29) is 12.3 Å². The van der Waals surface area contributed by atoms with E-state index < -0.39 is 0 Å². The van der Waals surface area contributed by atoms with Crippen LogP contribution in [0, 0.1) is 11.3 Å². The Labute approximate surface area is 103 Å². The van der Waals surface area contributed by atoms with E-state index in [2.05, 4.69) is 13.0 Å². The molecule has 0 spiro atoms. The van der Waals surface area contributed by atoms with Crippen LogP contribution >= 0.6 is 0 Å². The SMILES string of the molecule is CCCCN(C)C(=O)c1ccccc1CC#N. The summed E-state index contributed by atoms with van der Waals surface area (Å²) in [4.78, 5) is 13.9. The van der Waals surface area contributed by atoms with E-state index in [0.717, 1.165) is 24.9 Å². The van der Waals surface area contributed by atoms with Gasteiger partial charge in [0.25, 0.3) is 5.91 Å². The number of hydrogen-bond donors (Lipinski definition) is 0. The van der Waals surface area contributed by atoms with Crippen LogP contribution in [0.1, 0.15) is 35.7 Å². The van der Waals surface area contributed by atoms with E-state index in [4.69, 9.17) is 5.26 Å². The van der Waals surface area contributed by atoms with E-state index in [0.29, 0.717) is 5.56 Å². The van der Waals surface area contributed by atoms with Crippen molar-refractivity contribution in [2.75, 3.05) is 13.6 Å². The first-order chi connectivity index (χ1) is 8.20. The van der Waals surface area contributed by atoms with Gasteiger partial charge in [-0.05, 0) is 18.1 Å². The highest BCUT2D eigenvalue weighted by molar-refractivity contribution is 5.95. The molecule has 1 amide bonds. The zero-order valence-electron chi connectivity index (χ0n) is 10.4. The Morgan fingerprint density at radius 1 is 1.41 bits per heavy atom. The zero-order valence-corrected chi connectivity index (χ0v) is 10.4. The summed E-state index contributed by atoms with van der Waals surface area (Å²) in [5, 5.41) is 8.73. The molecule has 0 atom stereocenters. The number of rotatable bonds is 5. The molecule has 1 aromatic carbocycles. The second-order valence-electron chi connectivity index (χ2n) is 4.07. The molecule has 17 heavy (non-hydrogen) atoms. The molecule has 0 aliphatic rings. The first-order valence-electron chi connectivity index (χ1n) is 5.91. The fourth-order valence-electron chi connectivity index (χ4n) is 1.67. The van der Waals surface area contributed by atoms with Gasteiger partial charge < -0.3 is 4.90 Å². The Morgan fingerprint density at radius 2 is 2.12 bits per heavy atom. The maximum atomic E-state index is 12.2. The normalized spacial score (nSPS) is 9.71. The minimum atomic E-state index is 0.00398. The molecule has 0 saturated carbocycles.